The van der Waals surface area contributed by atoms with Gasteiger partial charge >= 0.3 is 0 Å². The molecule has 3 rings (SSSR count). The summed E-state index contributed by atoms with van der Waals surface area (Å²) in [5, 5.41) is 14.5. The van der Waals surface area contributed by atoms with Crippen LogP contribution in [-0.4, -0.2) is 21.0 Å². The Hall–Kier alpha value is -2.64. The maximum atomic E-state index is 13.0. The van der Waals surface area contributed by atoms with Crippen molar-refractivity contribution in [3.63, 3.8) is 0 Å². The molecular formula is C17H14FN3O2S. The SMILES string of the molecule is O=C(Cc1nc(-c2ccc(F)cc2)cs1)Nc1cnccc1CO. The van der Waals surface area contributed by atoms with E-state index in [0.717, 1.165) is 5.56 Å². The zero-order chi connectivity index (χ0) is 16.9. The average molecular weight is 343 g/mol. The van der Waals surface area contributed by atoms with Crippen LogP contribution in [0.15, 0.2) is 48.1 Å². The van der Waals surface area contributed by atoms with Crippen molar-refractivity contribution in [3.8, 4) is 11.3 Å². The number of carbonyl (C=O) groups excluding carboxylic acids is 1. The van der Waals surface area contributed by atoms with Gasteiger partial charge in [-0.15, -0.1) is 11.3 Å². The van der Waals surface area contributed by atoms with Crippen LogP contribution in [0, 0.1) is 5.82 Å². The van der Waals surface area contributed by atoms with Crippen LogP contribution in [0.25, 0.3) is 11.3 Å². The van der Waals surface area contributed by atoms with Crippen LogP contribution in [0.3, 0.4) is 0 Å². The molecule has 5 nitrogen and oxygen atoms in total. The van der Waals surface area contributed by atoms with Crippen molar-refractivity contribution < 1.29 is 14.3 Å². The highest BCUT2D eigenvalue weighted by Gasteiger charge is 2.11. The molecule has 0 atom stereocenters. The molecule has 2 heterocycles. The number of amides is 1. The summed E-state index contributed by atoms with van der Waals surface area (Å²) in [6, 6.07) is 7.69. The van der Waals surface area contributed by atoms with Crippen molar-refractivity contribution in [2.24, 2.45) is 0 Å². The first-order valence-electron chi connectivity index (χ1n) is 7.19. The number of hydrogen-bond donors (Lipinski definition) is 2. The Kier molecular flexibility index (Phi) is 4.93. The first-order chi connectivity index (χ1) is 11.7. The summed E-state index contributed by atoms with van der Waals surface area (Å²) in [4.78, 5) is 20.5. The Labute approximate surface area is 141 Å². The molecule has 2 N–H and O–H groups in total. The molecule has 0 saturated carbocycles. The van der Waals surface area contributed by atoms with Crippen molar-refractivity contribution >= 4 is 22.9 Å². The molecule has 0 spiro atoms. The van der Waals surface area contributed by atoms with Crippen LogP contribution in [0.1, 0.15) is 10.6 Å². The standard InChI is InChI=1S/C17H14FN3O2S/c18-13-3-1-11(2-4-13)15-10-24-17(21-15)7-16(23)20-14-8-19-6-5-12(14)9-22/h1-6,8,10,22H,7,9H2,(H,20,23). The summed E-state index contributed by atoms with van der Waals surface area (Å²) in [7, 11) is 0. The number of hydrogen-bond acceptors (Lipinski definition) is 5. The van der Waals surface area contributed by atoms with Gasteiger partial charge in [-0.1, -0.05) is 0 Å². The van der Waals surface area contributed by atoms with E-state index >= 15 is 0 Å². The molecule has 0 bridgehead atoms. The van der Waals surface area contributed by atoms with Crippen LogP contribution in [0.5, 0.6) is 0 Å². The minimum absolute atomic E-state index is 0.117. The summed E-state index contributed by atoms with van der Waals surface area (Å²) >= 11 is 1.37. The van der Waals surface area contributed by atoms with Crippen molar-refractivity contribution in [2.45, 2.75) is 13.0 Å². The summed E-state index contributed by atoms with van der Waals surface area (Å²) in [6.07, 6.45) is 3.16. The molecule has 1 aromatic carbocycles. The molecule has 1 amide bonds. The second-order valence-corrected chi connectivity index (χ2v) is 5.99. The maximum absolute atomic E-state index is 13.0. The molecule has 0 aliphatic rings. The Morgan fingerprint density at radius 3 is 2.79 bits per heavy atom. The summed E-state index contributed by atoms with van der Waals surface area (Å²) in [6.45, 7) is -0.176. The van der Waals surface area contributed by atoms with Gasteiger partial charge in [-0.25, -0.2) is 9.37 Å². The first kappa shape index (κ1) is 16.2. The van der Waals surface area contributed by atoms with E-state index in [9.17, 15) is 14.3 Å². The number of rotatable bonds is 5. The number of nitrogens with zero attached hydrogens (tertiary/aromatic N) is 2. The molecule has 3 aromatic rings. The lowest BCUT2D eigenvalue weighted by Gasteiger charge is -2.07. The van der Waals surface area contributed by atoms with Crippen LogP contribution in [0.4, 0.5) is 10.1 Å². The third-order valence-electron chi connectivity index (χ3n) is 3.36. The summed E-state index contributed by atoms with van der Waals surface area (Å²) in [5.41, 5.74) is 2.60. The molecule has 0 unspecified atom stereocenters. The number of thiazole rings is 1. The smallest absolute Gasteiger partial charge is 0.231 e. The van der Waals surface area contributed by atoms with Crippen molar-refractivity contribution in [3.05, 3.63) is 64.5 Å². The van der Waals surface area contributed by atoms with Gasteiger partial charge in [-0.05, 0) is 30.3 Å². The van der Waals surface area contributed by atoms with Gasteiger partial charge in [0.25, 0.3) is 0 Å². The van der Waals surface area contributed by atoms with Crippen molar-refractivity contribution in [1.82, 2.24) is 9.97 Å². The van der Waals surface area contributed by atoms with Gasteiger partial charge in [0.15, 0.2) is 0 Å². The van der Waals surface area contributed by atoms with E-state index in [1.54, 1.807) is 24.4 Å². The minimum Gasteiger partial charge on any atom is -0.392 e. The quantitative estimate of drug-likeness (QED) is 0.747. The lowest BCUT2D eigenvalue weighted by molar-refractivity contribution is -0.115. The Morgan fingerprint density at radius 2 is 2.04 bits per heavy atom. The van der Waals surface area contributed by atoms with E-state index in [1.807, 2.05) is 5.38 Å². The maximum Gasteiger partial charge on any atom is 0.231 e. The van der Waals surface area contributed by atoms with Gasteiger partial charge in [-0.2, -0.15) is 0 Å². The number of benzene rings is 1. The molecule has 122 valence electrons. The molecule has 2 aromatic heterocycles. The number of halogens is 1. The number of aromatic nitrogens is 2. The Morgan fingerprint density at radius 1 is 1.25 bits per heavy atom. The second-order valence-electron chi connectivity index (χ2n) is 5.05. The zero-order valence-corrected chi connectivity index (χ0v) is 13.4. The van der Waals surface area contributed by atoms with Gasteiger partial charge in [0, 0.05) is 22.7 Å². The lowest BCUT2D eigenvalue weighted by Crippen LogP contribution is -2.15. The molecule has 0 fully saturated rings. The fourth-order valence-electron chi connectivity index (χ4n) is 2.15. The lowest BCUT2D eigenvalue weighted by atomic mass is 10.2. The summed E-state index contributed by atoms with van der Waals surface area (Å²) < 4.78 is 13.0. The second kappa shape index (κ2) is 7.29. The topological polar surface area (TPSA) is 75.1 Å². The minimum atomic E-state index is -0.301. The molecule has 0 radical (unpaired) electrons. The third kappa shape index (κ3) is 3.81. The van der Waals surface area contributed by atoms with Crippen LogP contribution in [0.2, 0.25) is 0 Å². The predicted octanol–water partition coefficient (Wildman–Crippen LogP) is 3.02. The Balaban J connectivity index is 1.68. The Bertz CT molecular complexity index is 849. The normalized spacial score (nSPS) is 10.6. The molecule has 7 heteroatoms. The number of pyridine rings is 1. The number of nitrogens with one attached hydrogen (secondary N) is 1. The number of anilines is 1. The van der Waals surface area contributed by atoms with E-state index < -0.39 is 0 Å². The van der Waals surface area contributed by atoms with Crippen LogP contribution in [-0.2, 0) is 17.8 Å². The van der Waals surface area contributed by atoms with Gasteiger partial charge in [0.1, 0.15) is 10.8 Å². The molecule has 0 aliphatic carbocycles. The van der Waals surface area contributed by atoms with E-state index in [4.69, 9.17) is 0 Å². The molecular weight excluding hydrogens is 329 g/mol. The number of aliphatic hydroxyl groups is 1. The van der Waals surface area contributed by atoms with Gasteiger partial charge in [-0.3, -0.25) is 9.78 Å². The van der Waals surface area contributed by atoms with Gasteiger partial charge in [0.2, 0.25) is 5.91 Å². The summed E-state index contributed by atoms with van der Waals surface area (Å²) in [5.74, 6) is -0.539. The molecule has 0 saturated heterocycles. The van der Waals surface area contributed by atoms with Crippen LogP contribution < -0.4 is 5.32 Å². The molecule has 0 aliphatic heterocycles. The fraction of sp³-hybridized carbons (Fsp3) is 0.118. The van der Waals surface area contributed by atoms with Gasteiger partial charge < -0.3 is 10.4 Å². The highest BCUT2D eigenvalue weighted by molar-refractivity contribution is 7.10. The van der Waals surface area contributed by atoms with Crippen molar-refractivity contribution in [2.75, 3.05) is 5.32 Å². The number of aliphatic hydroxyl groups excluding tert-OH is 1. The predicted molar refractivity (Wildman–Crippen MR) is 90.0 cm³/mol. The van der Waals surface area contributed by atoms with Gasteiger partial charge in [0.05, 0.1) is 30.6 Å². The fourth-order valence-corrected chi connectivity index (χ4v) is 2.95. The molecule has 24 heavy (non-hydrogen) atoms. The first-order valence-corrected chi connectivity index (χ1v) is 8.07. The monoisotopic (exact) mass is 343 g/mol. The highest BCUT2D eigenvalue weighted by atomic mass is 32.1. The average Bonchev–Trinajstić information content (AvgIpc) is 3.04. The van der Waals surface area contributed by atoms with Crippen LogP contribution >= 0.6 is 11.3 Å². The van der Waals surface area contributed by atoms with Crippen molar-refractivity contribution in [1.29, 1.82) is 0 Å². The highest BCUT2D eigenvalue weighted by Crippen LogP contribution is 2.23. The zero-order valence-electron chi connectivity index (χ0n) is 12.6. The number of carbonyl (C=O) groups is 1. The third-order valence-corrected chi connectivity index (χ3v) is 4.21. The van der Waals surface area contributed by atoms with E-state index in [2.05, 4.69) is 15.3 Å². The largest absolute Gasteiger partial charge is 0.392 e. The van der Waals surface area contributed by atoms with E-state index in [0.29, 0.717) is 22.0 Å². The van der Waals surface area contributed by atoms with E-state index in [-0.39, 0.29) is 24.8 Å². The van der Waals surface area contributed by atoms with E-state index in [1.165, 1.54) is 29.7 Å².